The van der Waals surface area contributed by atoms with Gasteiger partial charge in [-0.1, -0.05) is 53.5 Å². The molecule has 0 aliphatic heterocycles. The first kappa shape index (κ1) is 25.5. The van der Waals surface area contributed by atoms with E-state index in [4.69, 9.17) is 27.9 Å². The third-order valence-electron chi connectivity index (χ3n) is 6.14. The quantitative estimate of drug-likeness (QED) is 0.200. The van der Waals surface area contributed by atoms with Crippen LogP contribution >= 0.6 is 23.2 Å². The molecule has 0 fully saturated rings. The molecule has 0 saturated heterocycles. The SMILES string of the molecule is CNc1nccc(-c2cccnc2Oc2ccc(Nc3nnc(-c4ccc(Cl)c(Cl)c4)c4ccccc34)cc2)n1. The van der Waals surface area contributed by atoms with Crippen molar-refractivity contribution in [1.29, 1.82) is 0 Å². The van der Waals surface area contributed by atoms with Crippen LogP contribution in [0.25, 0.3) is 33.3 Å². The van der Waals surface area contributed by atoms with E-state index in [-0.39, 0.29) is 0 Å². The first-order valence-electron chi connectivity index (χ1n) is 12.3. The Balaban J connectivity index is 1.25. The minimum absolute atomic E-state index is 0.443. The summed E-state index contributed by atoms with van der Waals surface area (Å²) in [5.74, 6) is 2.21. The topological polar surface area (TPSA) is 97.7 Å². The Hall–Kier alpha value is -4.79. The Kier molecular flexibility index (Phi) is 7.09. The standard InChI is InChI=1S/C30H21Cl2N7O/c1-33-30-35-16-14-26(37-30)23-7-4-15-34-29(23)40-20-11-9-19(10-12-20)36-28-22-6-3-2-5-21(22)27(38-39-28)18-8-13-24(31)25(32)17-18/h2-17H,1H3,(H,36,39)(H,33,35,37). The van der Waals surface area contributed by atoms with E-state index in [2.05, 4.69) is 35.8 Å². The maximum Gasteiger partial charge on any atom is 0.228 e. The van der Waals surface area contributed by atoms with Gasteiger partial charge >= 0.3 is 0 Å². The van der Waals surface area contributed by atoms with E-state index < -0.39 is 0 Å². The molecule has 6 rings (SSSR count). The van der Waals surface area contributed by atoms with Crippen LogP contribution in [0, 0.1) is 0 Å². The van der Waals surface area contributed by atoms with Crippen molar-refractivity contribution in [2.75, 3.05) is 17.7 Å². The molecule has 0 aliphatic carbocycles. The summed E-state index contributed by atoms with van der Waals surface area (Å²) in [5.41, 5.74) is 3.84. The summed E-state index contributed by atoms with van der Waals surface area (Å²) in [5, 5.41) is 18.1. The lowest BCUT2D eigenvalue weighted by molar-refractivity contribution is 0.465. The second-order valence-electron chi connectivity index (χ2n) is 8.69. The van der Waals surface area contributed by atoms with Gasteiger partial charge in [0.05, 0.1) is 21.3 Å². The molecular weight excluding hydrogens is 545 g/mol. The van der Waals surface area contributed by atoms with E-state index in [9.17, 15) is 0 Å². The van der Waals surface area contributed by atoms with Crippen LogP contribution in [-0.4, -0.2) is 32.2 Å². The highest BCUT2D eigenvalue weighted by Gasteiger charge is 2.14. The summed E-state index contributed by atoms with van der Waals surface area (Å²) in [6, 6.07) is 26.5. The Labute approximate surface area is 240 Å². The lowest BCUT2D eigenvalue weighted by Crippen LogP contribution is -2.00. The van der Waals surface area contributed by atoms with Gasteiger partial charge in [0.15, 0.2) is 5.82 Å². The molecule has 0 unspecified atom stereocenters. The number of halogens is 2. The van der Waals surface area contributed by atoms with Crippen molar-refractivity contribution in [3.8, 4) is 34.1 Å². The summed E-state index contributed by atoms with van der Waals surface area (Å²) in [7, 11) is 1.77. The molecule has 2 N–H and O–H groups in total. The summed E-state index contributed by atoms with van der Waals surface area (Å²) >= 11 is 12.4. The van der Waals surface area contributed by atoms with Gasteiger partial charge in [0.2, 0.25) is 11.8 Å². The van der Waals surface area contributed by atoms with Gasteiger partial charge in [-0.15, -0.1) is 10.2 Å². The third kappa shape index (κ3) is 5.22. The van der Waals surface area contributed by atoms with Crippen LogP contribution in [0.1, 0.15) is 0 Å². The fourth-order valence-corrected chi connectivity index (χ4v) is 4.50. The highest BCUT2D eigenvalue weighted by molar-refractivity contribution is 6.42. The van der Waals surface area contributed by atoms with Gasteiger partial charge in [0.25, 0.3) is 0 Å². The predicted molar refractivity (Wildman–Crippen MR) is 160 cm³/mol. The molecule has 8 nitrogen and oxygen atoms in total. The number of nitrogens with one attached hydrogen (secondary N) is 2. The number of anilines is 3. The third-order valence-corrected chi connectivity index (χ3v) is 6.88. The van der Waals surface area contributed by atoms with Crippen LogP contribution in [0.5, 0.6) is 11.6 Å². The first-order valence-corrected chi connectivity index (χ1v) is 13.1. The Bertz CT molecular complexity index is 1830. The monoisotopic (exact) mass is 565 g/mol. The Morgan fingerprint density at radius 1 is 0.750 bits per heavy atom. The molecule has 0 aliphatic rings. The molecule has 0 amide bonds. The molecule has 6 aromatic rings. The lowest BCUT2D eigenvalue weighted by Gasteiger charge is -2.13. The maximum absolute atomic E-state index is 6.25. The number of nitrogens with zero attached hydrogens (tertiary/aromatic N) is 5. The van der Waals surface area contributed by atoms with Crippen LogP contribution in [0.3, 0.4) is 0 Å². The fourth-order valence-electron chi connectivity index (χ4n) is 4.20. The molecule has 0 bridgehead atoms. The number of rotatable bonds is 7. The largest absolute Gasteiger partial charge is 0.438 e. The average molecular weight is 566 g/mol. The smallest absolute Gasteiger partial charge is 0.228 e. The van der Waals surface area contributed by atoms with E-state index >= 15 is 0 Å². The minimum atomic E-state index is 0.443. The molecule has 0 radical (unpaired) electrons. The molecule has 196 valence electrons. The predicted octanol–water partition coefficient (Wildman–Crippen LogP) is 8.03. The van der Waals surface area contributed by atoms with Crippen molar-refractivity contribution in [3.63, 3.8) is 0 Å². The van der Waals surface area contributed by atoms with E-state index in [1.807, 2.05) is 72.8 Å². The number of fused-ring (bicyclic) bond motifs is 1. The zero-order valence-electron chi connectivity index (χ0n) is 21.1. The van der Waals surface area contributed by atoms with Gasteiger partial charge in [0, 0.05) is 41.5 Å². The number of pyridine rings is 1. The van der Waals surface area contributed by atoms with Crippen LogP contribution in [0.15, 0.2) is 97.3 Å². The van der Waals surface area contributed by atoms with Gasteiger partial charge in [0.1, 0.15) is 11.4 Å². The first-order chi connectivity index (χ1) is 19.6. The summed E-state index contributed by atoms with van der Waals surface area (Å²) in [6.45, 7) is 0. The zero-order valence-corrected chi connectivity index (χ0v) is 22.6. The van der Waals surface area contributed by atoms with Crippen molar-refractivity contribution in [2.24, 2.45) is 0 Å². The van der Waals surface area contributed by atoms with Gasteiger partial charge in [-0.05, 0) is 54.6 Å². The summed E-state index contributed by atoms with van der Waals surface area (Å²) < 4.78 is 6.13. The van der Waals surface area contributed by atoms with Gasteiger partial charge < -0.3 is 15.4 Å². The van der Waals surface area contributed by atoms with Crippen molar-refractivity contribution < 1.29 is 4.74 Å². The van der Waals surface area contributed by atoms with Crippen LogP contribution in [0.2, 0.25) is 10.0 Å². The second kappa shape index (κ2) is 11.1. The molecule has 3 aromatic carbocycles. The number of aromatic nitrogens is 5. The highest BCUT2D eigenvalue weighted by atomic mass is 35.5. The van der Waals surface area contributed by atoms with Gasteiger partial charge in [-0.25, -0.2) is 15.0 Å². The maximum atomic E-state index is 6.25. The zero-order chi connectivity index (χ0) is 27.5. The molecule has 0 saturated carbocycles. The van der Waals surface area contributed by atoms with Crippen molar-refractivity contribution >= 4 is 51.4 Å². The van der Waals surface area contributed by atoms with E-state index in [0.29, 0.717) is 39.1 Å². The molecule has 0 atom stereocenters. The van der Waals surface area contributed by atoms with Gasteiger partial charge in [-0.3, -0.25) is 0 Å². The van der Waals surface area contributed by atoms with Crippen LogP contribution < -0.4 is 15.4 Å². The van der Waals surface area contributed by atoms with Crippen molar-refractivity contribution in [1.82, 2.24) is 25.1 Å². The number of hydrogen-bond donors (Lipinski definition) is 2. The normalized spacial score (nSPS) is 10.9. The van der Waals surface area contributed by atoms with Crippen LogP contribution in [-0.2, 0) is 0 Å². The number of ether oxygens (including phenoxy) is 1. The van der Waals surface area contributed by atoms with E-state index in [1.54, 1.807) is 31.6 Å². The minimum Gasteiger partial charge on any atom is -0.438 e. The van der Waals surface area contributed by atoms with E-state index in [0.717, 1.165) is 33.3 Å². The highest BCUT2D eigenvalue weighted by Crippen LogP contribution is 2.35. The average Bonchev–Trinajstić information content (AvgIpc) is 3.00. The molecule has 10 heteroatoms. The van der Waals surface area contributed by atoms with Gasteiger partial charge in [-0.2, -0.15) is 0 Å². The van der Waals surface area contributed by atoms with Crippen molar-refractivity contribution in [2.45, 2.75) is 0 Å². The summed E-state index contributed by atoms with van der Waals surface area (Å²) in [4.78, 5) is 13.1. The molecular formula is C30H21Cl2N7O. The second-order valence-corrected chi connectivity index (χ2v) is 9.51. The Morgan fingerprint density at radius 2 is 1.57 bits per heavy atom. The molecule has 40 heavy (non-hydrogen) atoms. The molecule has 3 heterocycles. The Morgan fingerprint density at radius 3 is 2.38 bits per heavy atom. The molecule has 0 spiro atoms. The van der Waals surface area contributed by atoms with Crippen LogP contribution in [0.4, 0.5) is 17.5 Å². The fraction of sp³-hybridized carbons (Fsp3) is 0.0333. The number of benzene rings is 3. The lowest BCUT2D eigenvalue weighted by atomic mass is 10.0. The molecule has 3 aromatic heterocycles. The van der Waals surface area contributed by atoms with E-state index in [1.165, 1.54) is 0 Å². The van der Waals surface area contributed by atoms with Crippen molar-refractivity contribution in [3.05, 3.63) is 107 Å². The summed E-state index contributed by atoms with van der Waals surface area (Å²) in [6.07, 6.45) is 3.37. The number of hydrogen-bond acceptors (Lipinski definition) is 8.